The molecule has 0 radical (unpaired) electrons. The number of hydrogen-bond acceptors (Lipinski definition) is 4. The number of pyridine rings is 1. The molecule has 1 aromatic carbocycles. The maximum absolute atomic E-state index is 12.2. The number of unbranched alkanes of at least 4 members (excludes halogenated alkanes) is 1. The van der Waals surface area contributed by atoms with Crippen LogP contribution in [-0.4, -0.2) is 27.7 Å². The van der Waals surface area contributed by atoms with E-state index >= 15 is 0 Å². The standard InChI is InChI=1S/C24H30N2O3/c1-6-8-15-26-17(3)22(18-11-13-25-14-12-18)20-16-19(9-10-21(20)26)29-24(4,5)23(27)28-7-2/h9-14,16H,6-8,15H2,1-5H3. The van der Waals surface area contributed by atoms with E-state index in [2.05, 4.69) is 29.5 Å². The first-order chi connectivity index (χ1) is 13.9. The summed E-state index contributed by atoms with van der Waals surface area (Å²) in [7, 11) is 0. The molecule has 0 aliphatic heterocycles. The summed E-state index contributed by atoms with van der Waals surface area (Å²) in [5.41, 5.74) is 3.64. The molecular weight excluding hydrogens is 364 g/mol. The van der Waals surface area contributed by atoms with E-state index < -0.39 is 5.60 Å². The van der Waals surface area contributed by atoms with Gasteiger partial charge in [-0.3, -0.25) is 4.98 Å². The summed E-state index contributed by atoms with van der Waals surface area (Å²) in [6.07, 6.45) is 5.88. The van der Waals surface area contributed by atoms with Gasteiger partial charge in [0.15, 0.2) is 5.60 Å². The zero-order valence-corrected chi connectivity index (χ0v) is 18.0. The van der Waals surface area contributed by atoms with Gasteiger partial charge in [0.2, 0.25) is 0 Å². The van der Waals surface area contributed by atoms with Crippen LogP contribution in [0.5, 0.6) is 5.75 Å². The number of esters is 1. The molecule has 0 aliphatic carbocycles. The Morgan fingerprint density at radius 1 is 1.14 bits per heavy atom. The molecule has 0 amide bonds. The number of aryl methyl sites for hydroxylation is 1. The van der Waals surface area contributed by atoms with Crippen LogP contribution in [0.4, 0.5) is 0 Å². The van der Waals surface area contributed by atoms with Crippen molar-refractivity contribution in [3.63, 3.8) is 0 Å². The molecule has 0 aliphatic rings. The van der Waals surface area contributed by atoms with Crippen LogP contribution in [0, 0.1) is 6.92 Å². The Balaban J connectivity index is 2.10. The third-order valence-corrected chi connectivity index (χ3v) is 5.14. The van der Waals surface area contributed by atoms with E-state index in [0.717, 1.165) is 30.3 Å². The average Bonchev–Trinajstić information content (AvgIpc) is 2.97. The highest BCUT2D eigenvalue weighted by Gasteiger charge is 2.32. The lowest BCUT2D eigenvalue weighted by molar-refractivity contribution is -0.158. The molecule has 0 fully saturated rings. The van der Waals surface area contributed by atoms with Gasteiger partial charge in [0, 0.05) is 41.1 Å². The van der Waals surface area contributed by atoms with Crippen molar-refractivity contribution in [3.05, 3.63) is 48.4 Å². The molecule has 3 aromatic rings. The number of hydrogen-bond donors (Lipinski definition) is 0. The second-order valence-corrected chi connectivity index (χ2v) is 7.71. The minimum atomic E-state index is -1.06. The summed E-state index contributed by atoms with van der Waals surface area (Å²) in [6.45, 7) is 10.9. The number of carbonyl (C=O) groups excluding carboxylic acids is 1. The fourth-order valence-electron chi connectivity index (χ4n) is 3.65. The van der Waals surface area contributed by atoms with Gasteiger partial charge in [0.1, 0.15) is 5.75 Å². The van der Waals surface area contributed by atoms with Gasteiger partial charge < -0.3 is 14.0 Å². The van der Waals surface area contributed by atoms with Gasteiger partial charge in [0.05, 0.1) is 6.61 Å². The Kier molecular flexibility index (Phi) is 6.26. The summed E-state index contributed by atoms with van der Waals surface area (Å²) in [5.74, 6) is 0.282. The molecule has 2 heterocycles. The number of carbonyl (C=O) groups is 1. The Morgan fingerprint density at radius 2 is 1.86 bits per heavy atom. The van der Waals surface area contributed by atoms with Crippen LogP contribution in [-0.2, 0) is 16.1 Å². The lowest BCUT2D eigenvalue weighted by Crippen LogP contribution is -2.39. The zero-order chi connectivity index (χ0) is 21.0. The van der Waals surface area contributed by atoms with E-state index in [-0.39, 0.29) is 5.97 Å². The minimum absolute atomic E-state index is 0.330. The van der Waals surface area contributed by atoms with Crippen molar-refractivity contribution >= 4 is 16.9 Å². The first-order valence-electron chi connectivity index (χ1n) is 10.3. The first-order valence-corrected chi connectivity index (χ1v) is 10.3. The molecule has 5 heteroatoms. The maximum atomic E-state index is 12.2. The topological polar surface area (TPSA) is 53.4 Å². The molecule has 0 saturated heterocycles. The fraction of sp³-hybridized carbons (Fsp3) is 0.417. The smallest absolute Gasteiger partial charge is 0.349 e. The van der Waals surface area contributed by atoms with E-state index in [9.17, 15) is 4.79 Å². The lowest BCUT2D eigenvalue weighted by atomic mass is 10.0. The highest BCUT2D eigenvalue weighted by molar-refractivity contribution is 5.99. The number of aromatic nitrogens is 2. The van der Waals surface area contributed by atoms with E-state index in [0.29, 0.717) is 12.4 Å². The fourth-order valence-corrected chi connectivity index (χ4v) is 3.65. The Morgan fingerprint density at radius 3 is 2.52 bits per heavy atom. The normalized spacial score (nSPS) is 11.6. The second-order valence-electron chi connectivity index (χ2n) is 7.71. The Labute approximate surface area is 172 Å². The molecule has 0 atom stereocenters. The van der Waals surface area contributed by atoms with Crippen LogP contribution in [0.3, 0.4) is 0 Å². The average molecular weight is 395 g/mol. The minimum Gasteiger partial charge on any atom is -0.476 e. The van der Waals surface area contributed by atoms with Crippen LogP contribution >= 0.6 is 0 Å². The molecule has 154 valence electrons. The second kappa shape index (κ2) is 8.68. The van der Waals surface area contributed by atoms with Gasteiger partial charge in [-0.2, -0.15) is 0 Å². The van der Waals surface area contributed by atoms with Crippen LogP contribution < -0.4 is 4.74 Å². The Bertz CT molecular complexity index is 990. The van der Waals surface area contributed by atoms with Crippen molar-refractivity contribution in [2.45, 2.75) is 59.6 Å². The van der Waals surface area contributed by atoms with E-state index in [1.54, 1.807) is 20.8 Å². The molecule has 0 spiro atoms. The summed E-state index contributed by atoms with van der Waals surface area (Å²) in [4.78, 5) is 16.4. The first kappa shape index (κ1) is 20.9. The summed E-state index contributed by atoms with van der Waals surface area (Å²) >= 11 is 0. The van der Waals surface area contributed by atoms with Gasteiger partial charge in [0.25, 0.3) is 0 Å². The number of rotatable bonds is 8. The number of ether oxygens (including phenoxy) is 2. The van der Waals surface area contributed by atoms with Gasteiger partial charge in [-0.1, -0.05) is 13.3 Å². The van der Waals surface area contributed by atoms with E-state index in [1.807, 2.05) is 36.7 Å². The zero-order valence-electron chi connectivity index (χ0n) is 18.0. The van der Waals surface area contributed by atoms with Crippen molar-refractivity contribution in [1.82, 2.24) is 9.55 Å². The number of benzene rings is 1. The molecule has 2 aromatic heterocycles. The number of nitrogens with zero attached hydrogens (tertiary/aromatic N) is 2. The third kappa shape index (κ3) is 4.29. The molecule has 3 rings (SSSR count). The highest BCUT2D eigenvalue weighted by Crippen LogP contribution is 2.37. The monoisotopic (exact) mass is 394 g/mol. The van der Waals surface area contributed by atoms with Gasteiger partial charge in [-0.25, -0.2) is 4.79 Å². The van der Waals surface area contributed by atoms with Crippen molar-refractivity contribution in [2.75, 3.05) is 6.61 Å². The van der Waals surface area contributed by atoms with Gasteiger partial charge in [-0.15, -0.1) is 0 Å². The summed E-state index contributed by atoms with van der Waals surface area (Å²) in [5, 5.41) is 1.11. The molecule has 29 heavy (non-hydrogen) atoms. The van der Waals surface area contributed by atoms with Crippen molar-refractivity contribution in [1.29, 1.82) is 0 Å². The van der Waals surface area contributed by atoms with Crippen LogP contribution in [0.1, 0.15) is 46.2 Å². The molecule has 0 unspecified atom stereocenters. The van der Waals surface area contributed by atoms with Crippen LogP contribution in [0.2, 0.25) is 0 Å². The molecule has 0 N–H and O–H groups in total. The van der Waals surface area contributed by atoms with E-state index in [4.69, 9.17) is 9.47 Å². The molecular formula is C24H30N2O3. The quantitative estimate of drug-likeness (QED) is 0.471. The molecule has 5 nitrogen and oxygen atoms in total. The molecule has 0 saturated carbocycles. The van der Waals surface area contributed by atoms with Gasteiger partial charge in [-0.05, 0) is 70.0 Å². The highest BCUT2D eigenvalue weighted by atomic mass is 16.6. The predicted octanol–water partition coefficient (Wildman–Crippen LogP) is 5.53. The SMILES string of the molecule is CCCCn1c(C)c(-c2ccncc2)c2cc(OC(C)(C)C(=O)OCC)ccc21. The van der Waals surface area contributed by atoms with Crippen molar-refractivity contribution in [3.8, 4) is 16.9 Å². The summed E-state index contributed by atoms with van der Waals surface area (Å²) < 4.78 is 13.6. The van der Waals surface area contributed by atoms with Crippen LogP contribution in [0.15, 0.2) is 42.7 Å². The lowest BCUT2D eigenvalue weighted by Gasteiger charge is -2.24. The predicted molar refractivity (Wildman–Crippen MR) is 116 cm³/mol. The maximum Gasteiger partial charge on any atom is 0.349 e. The van der Waals surface area contributed by atoms with Gasteiger partial charge >= 0.3 is 5.97 Å². The Hall–Kier alpha value is -2.82. The van der Waals surface area contributed by atoms with Crippen molar-refractivity contribution < 1.29 is 14.3 Å². The third-order valence-electron chi connectivity index (χ3n) is 5.14. The molecule has 0 bridgehead atoms. The number of fused-ring (bicyclic) bond motifs is 1. The summed E-state index contributed by atoms with van der Waals surface area (Å²) in [6, 6.07) is 10.1. The van der Waals surface area contributed by atoms with Crippen LogP contribution in [0.25, 0.3) is 22.0 Å². The van der Waals surface area contributed by atoms with Crippen molar-refractivity contribution in [2.24, 2.45) is 0 Å². The van der Waals surface area contributed by atoms with E-state index in [1.165, 1.54) is 16.8 Å². The largest absolute Gasteiger partial charge is 0.476 e.